The molecular formula is C17H14N2O. The van der Waals surface area contributed by atoms with Gasteiger partial charge in [0.05, 0.1) is 12.1 Å². The Labute approximate surface area is 117 Å². The SMILES string of the molecule is Cc1ccc2cc(C(=O)Cc3ccncn3)ccc2c1. The molecule has 98 valence electrons. The molecule has 3 aromatic rings. The highest BCUT2D eigenvalue weighted by atomic mass is 16.1. The number of rotatable bonds is 3. The van der Waals surface area contributed by atoms with Crippen molar-refractivity contribution in [3.05, 3.63) is 71.8 Å². The Morgan fingerprint density at radius 3 is 2.65 bits per heavy atom. The normalized spacial score (nSPS) is 10.7. The number of aryl methyl sites for hydroxylation is 1. The van der Waals surface area contributed by atoms with Crippen LogP contribution in [-0.4, -0.2) is 15.8 Å². The van der Waals surface area contributed by atoms with Crippen molar-refractivity contribution in [1.82, 2.24) is 9.97 Å². The quantitative estimate of drug-likeness (QED) is 0.680. The van der Waals surface area contributed by atoms with Crippen LogP contribution in [0.1, 0.15) is 21.6 Å². The first-order valence-corrected chi connectivity index (χ1v) is 6.51. The van der Waals surface area contributed by atoms with E-state index in [0.29, 0.717) is 6.42 Å². The standard InChI is InChI=1S/C17H14N2O/c1-12-2-3-14-9-15(5-4-13(14)8-12)17(20)10-16-6-7-18-11-19-16/h2-9,11H,10H2,1H3. The van der Waals surface area contributed by atoms with Crippen LogP contribution in [0.2, 0.25) is 0 Å². The van der Waals surface area contributed by atoms with E-state index in [0.717, 1.165) is 22.0 Å². The van der Waals surface area contributed by atoms with Crippen LogP contribution in [0.3, 0.4) is 0 Å². The second-order valence-electron chi connectivity index (χ2n) is 4.87. The summed E-state index contributed by atoms with van der Waals surface area (Å²) in [5.74, 6) is 0.0752. The number of hydrogen-bond acceptors (Lipinski definition) is 3. The number of carbonyl (C=O) groups excluding carboxylic acids is 1. The minimum atomic E-state index is 0.0752. The van der Waals surface area contributed by atoms with E-state index >= 15 is 0 Å². The highest BCUT2D eigenvalue weighted by Crippen LogP contribution is 2.18. The fourth-order valence-corrected chi connectivity index (χ4v) is 2.23. The Morgan fingerprint density at radius 2 is 1.85 bits per heavy atom. The minimum Gasteiger partial charge on any atom is -0.294 e. The molecule has 0 saturated carbocycles. The average Bonchev–Trinajstić information content (AvgIpc) is 2.47. The number of fused-ring (bicyclic) bond motifs is 1. The number of hydrogen-bond donors (Lipinski definition) is 0. The molecule has 0 aliphatic carbocycles. The molecule has 0 amide bonds. The molecule has 0 unspecified atom stereocenters. The van der Waals surface area contributed by atoms with Gasteiger partial charge in [0.25, 0.3) is 0 Å². The van der Waals surface area contributed by atoms with Crippen molar-refractivity contribution in [2.75, 3.05) is 0 Å². The molecule has 3 rings (SSSR count). The third-order valence-electron chi connectivity index (χ3n) is 3.30. The first kappa shape index (κ1) is 12.5. The summed E-state index contributed by atoms with van der Waals surface area (Å²) in [5, 5.41) is 2.24. The van der Waals surface area contributed by atoms with Crippen molar-refractivity contribution < 1.29 is 4.79 Å². The maximum atomic E-state index is 12.3. The Balaban J connectivity index is 1.90. The van der Waals surface area contributed by atoms with Crippen LogP contribution in [0.4, 0.5) is 0 Å². The van der Waals surface area contributed by atoms with E-state index in [4.69, 9.17) is 0 Å². The maximum absolute atomic E-state index is 12.3. The van der Waals surface area contributed by atoms with Gasteiger partial charge in [-0.15, -0.1) is 0 Å². The number of nitrogens with zero attached hydrogens (tertiary/aromatic N) is 2. The lowest BCUT2D eigenvalue weighted by atomic mass is 10.0. The van der Waals surface area contributed by atoms with Gasteiger partial charge in [-0.05, 0) is 29.8 Å². The number of carbonyl (C=O) groups is 1. The largest absolute Gasteiger partial charge is 0.294 e. The van der Waals surface area contributed by atoms with Crippen LogP contribution >= 0.6 is 0 Å². The van der Waals surface area contributed by atoms with Crippen molar-refractivity contribution in [3.8, 4) is 0 Å². The number of aromatic nitrogens is 2. The predicted octanol–water partition coefficient (Wildman–Crippen LogP) is 3.36. The molecule has 20 heavy (non-hydrogen) atoms. The highest BCUT2D eigenvalue weighted by molar-refractivity contribution is 6.00. The zero-order valence-electron chi connectivity index (χ0n) is 11.2. The molecule has 0 aliphatic rings. The molecule has 3 heteroatoms. The number of benzene rings is 2. The average molecular weight is 262 g/mol. The third-order valence-corrected chi connectivity index (χ3v) is 3.30. The topological polar surface area (TPSA) is 42.9 Å². The van der Waals surface area contributed by atoms with Gasteiger partial charge in [0.1, 0.15) is 6.33 Å². The zero-order valence-corrected chi connectivity index (χ0v) is 11.2. The van der Waals surface area contributed by atoms with Gasteiger partial charge in [0.15, 0.2) is 5.78 Å². The Kier molecular flexibility index (Phi) is 3.25. The monoisotopic (exact) mass is 262 g/mol. The lowest BCUT2D eigenvalue weighted by molar-refractivity contribution is 0.0992. The van der Waals surface area contributed by atoms with Crippen LogP contribution < -0.4 is 0 Å². The van der Waals surface area contributed by atoms with Crippen molar-refractivity contribution in [1.29, 1.82) is 0 Å². The molecule has 0 spiro atoms. The van der Waals surface area contributed by atoms with Gasteiger partial charge in [0.2, 0.25) is 0 Å². The first-order chi connectivity index (χ1) is 9.72. The zero-order chi connectivity index (χ0) is 13.9. The van der Waals surface area contributed by atoms with E-state index in [2.05, 4.69) is 29.0 Å². The molecule has 3 nitrogen and oxygen atoms in total. The Hall–Kier alpha value is -2.55. The summed E-state index contributed by atoms with van der Waals surface area (Å²) in [4.78, 5) is 20.2. The highest BCUT2D eigenvalue weighted by Gasteiger charge is 2.08. The van der Waals surface area contributed by atoms with E-state index < -0.39 is 0 Å². The maximum Gasteiger partial charge on any atom is 0.168 e. The van der Waals surface area contributed by atoms with Crippen LogP contribution in [0.25, 0.3) is 10.8 Å². The van der Waals surface area contributed by atoms with Crippen molar-refractivity contribution in [3.63, 3.8) is 0 Å². The van der Waals surface area contributed by atoms with E-state index in [-0.39, 0.29) is 5.78 Å². The van der Waals surface area contributed by atoms with Crippen LogP contribution in [0.5, 0.6) is 0 Å². The van der Waals surface area contributed by atoms with Crippen LogP contribution in [0, 0.1) is 6.92 Å². The molecule has 0 fully saturated rings. The first-order valence-electron chi connectivity index (χ1n) is 6.51. The fourth-order valence-electron chi connectivity index (χ4n) is 2.23. The molecule has 0 radical (unpaired) electrons. The molecular weight excluding hydrogens is 248 g/mol. The molecule has 0 atom stereocenters. The molecule has 0 saturated heterocycles. The van der Waals surface area contributed by atoms with Crippen molar-refractivity contribution in [2.45, 2.75) is 13.3 Å². The molecule has 0 N–H and O–H groups in total. The summed E-state index contributed by atoms with van der Waals surface area (Å²) >= 11 is 0. The predicted molar refractivity (Wildman–Crippen MR) is 78.8 cm³/mol. The van der Waals surface area contributed by atoms with Crippen LogP contribution in [0.15, 0.2) is 55.0 Å². The second-order valence-corrected chi connectivity index (χ2v) is 4.87. The van der Waals surface area contributed by atoms with Gasteiger partial charge < -0.3 is 0 Å². The van der Waals surface area contributed by atoms with Crippen molar-refractivity contribution in [2.24, 2.45) is 0 Å². The van der Waals surface area contributed by atoms with Gasteiger partial charge in [-0.1, -0.05) is 35.9 Å². The van der Waals surface area contributed by atoms with Crippen molar-refractivity contribution >= 4 is 16.6 Å². The summed E-state index contributed by atoms with van der Waals surface area (Å²) in [7, 11) is 0. The molecule has 1 heterocycles. The lowest BCUT2D eigenvalue weighted by Gasteiger charge is -2.04. The van der Waals surface area contributed by atoms with Gasteiger partial charge >= 0.3 is 0 Å². The van der Waals surface area contributed by atoms with E-state index in [1.165, 1.54) is 11.9 Å². The summed E-state index contributed by atoms with van der Waals surface area (Å²) in [6, 6.07) is 13.8. The number of Topliss-reactive ketones (excluding diaryl/α,β-unsaturated/α-hetero) is 1. The molecule has 0 aliphatic heterocycles. The molecule has 1 aromatic heterocycles. The summed E-state index contributed by atoms with van der Waals surface area (Å²) in [5.41, 5.74) is 2.69. The molecule has 2 aromatic carbocycles. The smallest absolute Gasteiger partial charge is 0.168 e. The third kappa shape index (κ3) is 2.57. The van der Waals surface area contributed by atoms with E-state index in [1.54, 1.807) is 12.3 Å². The lowest BCUT2D eigenvalue weighted by Crippen LogP contribution is -2.05. The van der Waals surface area contributed by atoms with Gasteiger partial charge in [-0.2, -0.15) is 0 Å². The minimum absolute atomic E-state index is 0.0752. The fraction of sp³-hybridized carbons (Fsp3) is 0.118. The number of ketones is 1. The van der Waals surface area contributed by atoms with Gasteiger partial charge in [-0.3, -0.25) is 4.79 Å². The van der Waals surface area contributed by atoms with Gasteiger partial charge in [-0.25, -0.2) is 9.97 Å². The van der Waals surface area contributed by atoms with E-state index in [9.17, 15) is 4.79 Å². The Bertz CT molecular complexity index is 766. The van der Waals surface area contributed by atoms with Gasteiger partial charge in [0, 0.05) is 11.8 Å². The van der Waals surface area contributed by atoms with E-state index in [1.807, 2.05) is 24.3 Å². The summed E-state index contributed by atoms with van der Waals surface area (Å²) in [6.45, 7) is 2.06. The Morgan fingerprint density at radius 1 is 1.05 bits per heavy atom. The molecule has 0 bridgehead atoms. The second kappa shape index (κ2) is 5.21. The summed E-state index contributed by atoms with van der Waals surface area (Å²) in [6.07, 6.45) is 3.42. The van der Waals surface area contributed by atoms with Crippen LogP contribution in [-0.2, 0) is 6.42 Å². The summed E-state index contributed by atoms with van der Waals surface area (Å²) < 4.78 is 0.